The van der Waals surface area contributed by atoms with Gasteiger partial charge in [-0.15, -0.1) is 11.3 Å². The molecule has 0 aromatic carbocycles. The van der Waals surface area contributed by atoms with Crippen molar-refractivity contribution in [1.29, 1.82) is 0 Å². The van der Waals surface area contributed by atoms with Gasteiger partial charge in [-0.05, 0) is 19.9 Å². The predicted octanol–water partition coefficient (Wildman–Crippen LogP) is 3.09. The van der Waals surface area contributed by atoms with Crippen LogP contribution in [0.4, 0.5) is 13.2 Å². The molecule has 0 spiro atoms. The van der Waals surface area contributed by atoms with Crippen molar-refractivity contribution in [2.24, 2.45) is 4.99 Å². The maximum Gasteiger partial charge on any atom is 0.422 e. The highest BCUT2D eigenvalue weighted by atomic mass is 32.1. The van der Waals surface area contributed by atoms with Crippen molar-refractivity contribution in [3.8, 4) is 5.88 Å². The molecule has 0 atom stereocenters. The van der Waals surface area contributed by atoms with Crippen LogP contribution in [-0.2, 0) is 13.0 Å². The van der Waals surface area contributed by atoms with Crippen LogP contribution in [0.5, 0.6) is 5.88 Å². The lowest BCUT2D eigenvalue weighted by Crippen LogP contribution is -2.38. The molecule has 10 heteroatoms. The zero-order valence-corrected chi connectivity index (χ0v) is 16.0. The van der Waals surface area contributed by atoms with E-state index in [1.54, 1.807) is 23.5 Å². The minimum absolute atomic E-state index is 0.0623. The lowest BCUT2D eigenvalue weighted by molar-refractivity contribution is -0.154. The number of hydrogen-bond donors (Lipinski definition) is 2. The predicted molar refractivity (Wildman–Crippen MR) is 99.2 cm³/mol. The number of aryl methyl sites for hydroxylation is 1. The summed E-state index contributed by atoms with van der Waals surface area (Å²) >= 11 is 1.64. The molecule has 0 saturated carbocycles. The Bertz CT molecular complexity index is 748. The Morgan fingerprint density at radius 3 is 2.78 bits per heavy atom. The first kappa shape index (κ1) is 20.9. The van der Waals surface area contributed by atoms with Gasteiger partial charge in [-0.3, -0.25) is 0 Å². The van der Waals surface area contributed by atoms with E-state index in [0.29, 0.717) is 24.6 Å². The van der Waals surface area contributed by atoms with E-state index in [9.17, 15) is 13.2 Å². The maximum absolute atomic E-state index is 12.4. The number of guanidine groups is 1. The summed E-state index contributed by atoms with van der Waals surface area (Å²) in [5.41, 5.74) is 0.481. The van der Waals surface area contributed by atoms with Gasteiger partial charge in [-0.25, -0.2) is 15.0 Å². The number of pyridine rings is 1. The highest BCUT2D eigenvalue weighted by molar-refractivity contribution is 7.11. The van der Waals surface area contributed by atoms with Crippen molar-refractivity contribution in [3.63, 3.8) is 0 Å². The molecule has 0 aliphatic carbocycles. The molecule has 148 valence electrons. The number of ether oxygens (including phenoxy) is 1. The van der Waals surface area contributed by atoms with Gasteiger partial charge in [0.05, 0.1) is 11.6 Å². The van der Waals surface area contributed by atoms with E-state index < -0.39 is 12.8 Å². The summed E-state index contributed by atoms with van der Waals surface area (Å²) in [6.45, 7) is 4.00. The molecule has 2 rings (SSSR count). The van der Waals surface area contributed by atoms with Crippen LogP contribution in [0.25, 0.3) is 0 Å². The monoisotopic (exact) mass is 401 g/mol. The molecule has 0 aliphatic heterocycles. The first-order chi connectivity index (χ1) is 12.9. The van der Waals surface area contributed by atoms with Gasteiger partial charge in [-0.1, -0.05) is 6.07 Å². The van der Waals surface area contributed by atoms with Crippen molar-refractivity contribution in [2.75, 3.05) is 19.7 Å². The first-order valence-corrected chi connectivity index (χ1v) is 9.26. The number of nitrogens with one attached hydrogen (secondary N) is 2. The lowest BCUT2D eigenvalue weighted by Gasteiger charge is -2.13. The fraction of sp³-hybridized carbons (Fsp3) is 0.471. The molecule has 27 heavy (non-hydrogen) atoms. The molecule has 0 aliphatic rings. The van der Waals surface area contributed by atoms with Crippen LogP contribution in [0, 0.1) is 6.92 Å². The minimum atomic E-state index is -4.41. The number of alkyl halides is 3. The van der Waals surface area contributed by atoms with Gasteiger partial charge in [0.2, 0.25) is 5.88 Å². The third-order valence-electron chi connectivity index (χ3n) is 3.27. The van der Waals surface area contributed by atoms with E-state index in [2.05, 4.69) is 25.6 Å². The second-order valence-corrected chi connectivity index (χ2v) is 6.93. The molecule has 2 heterocycles. The number of halogens is 3. The van der Waals surface area contributed by atoms with E-state index >= 15 is 0 Å². The van der Waals surface area contributed by atoms with Crippen molar-refractivity contribution in [2.45, 2.75) is 33.0 Å². The standard InChI is InChI=1S/C17H22F3N5OS/c1-3-21-16(23-8-6-14-24-9-12(2)27-14)25-10-13-5-4-7-22-15(13)26-11-17(18,19)20/h4-5,7,9H,3,6,8,10-11H2,1-2H3,(H2,21,23,25). The third kappa shape index (κ3) is 7.81. The quantitative estimate of drug-likeness (QED) is 0.525. The van der Waals surface area contributed by atoms with Gasteiger partial charge in [-0.2, -0.15) is 13.2 Å². The Hall–Kier alpha value is -2.36. The Balaban J connectivity index is 1.95. The molecule has 0 amide bonds. The van der Waals surface area contributed by atoms with E-state index in [1.165, 1.54) is 6.20 Å². The Morgan fingerprint density at radius 1 is 1.30 bits per heavy atom. The van der Waals surface area contributed by atoms with Gasteiger partial charge in [0.25, 0.3) is 0 Å². The smallest absolute Gasteiger partial charge is 0.422 e. The van der Waals surface area contributed by atoms with Crippen molar-refractivity contribution < 1.29 is 17.9 Å². The third-order valence-corrected chi connectivity index (χ3v) is 4.25. The minimum Gasteiger partial charge on any atom is -0.468 e. The fourth-order valence-electron chi connectivity index (χ4n) is 2.14. The zero-order chi connectivity index (χ0) is 19.7. The summed E-state index contributed by atoms with van der Waals surface area (Å²) < 4.78 is 41.9. The highest BCUT2D eigenvalue weighted by Crippen LogP contribution is 2.20. The van der Waals surface area contributed by atoms with Crippen LogP contribution in [0.1, 0.15) is 22.4 Å². The van der Waals surface area contributed by atoms with Crippen LogP contribution in [-0.4, -0.2) is 41.8 Å². The van der Waals surface area contributed by atoms with Crippen molar-refractivity contribution in [1.82, 2.24) is 20.6 Å². The maximum atomic E-state index is 12.4. The number of aliphatic imine (C=N–C) groups is 1. The van der Waals surface area contributed by atoms with E-state index in [-0.39, 0.29) is 12.4 Å². The highest BCUT2D eigenvalue weighted by Gasteiger charge is 2.29. The molecule has 0 bridgehead atoms. The molecule has 2 aromatic rings. The summed E-state index contributed by atoms with van der Waals surface area (Å²) in [5, 5.41) is 7.32. The van der Waals surface area contributed by atoms with Crippen LogP contribution in [0.3, 0.4) is 0 Å². The Morgan fingerprint density at radius 2 is 2.11 bits per heavy atom. The molecule has 6 nitrogen and oxygen atoms in total. The van der Waals surface area contributed by atoms with Crippen LogP contribution in [0.2, 0.25) is 0 Å². The number of aromatic nitrogens is 2. The second kappa shape index (κ2) is 10.1. The van der Waals surface area contributed by atoms with Gasteiger partial charge in [0.15, 0.2) is 12.6 Å². The molecular formula is C17H22F3N5OS. The van der Waals surface area contributed by atoms with Gasteiger partial charge < -0.3 is 15.4 Å². The zero-order valence-electron chi connectivity index (χ0n) is 15.1. The first-order valence-electron chi connectivity index (χ1n) is 8.44. The van der Waals surface area contributed by atoms with Gasteiger partial charge >= 0.3 is 6.18 Å². The van der Waals surface area contributed by atoms with E-state index in [0.717, 1.165) is 16.3 Å². The number of nitrogens with zero attached hydrogens (tertiary/aromatic N) is 3. The van der Waals surface area contributed by atoms with Gasteiger partial charge in [0.1, 0.15) is 0 Å². The largest absolute Gasteiger partial charge is 0.468 e. The summed E-state index contributed by atoms with van der Waals surface area (Å²) in [4.78, 5) is 13.7. The normalized spacial score (nSPS) is 12.1. The van der Waals surface area contributed by atoms with Crippen molar-refractivity contribution >= 4 is 17.3 Å². The number of rotatable bonds is 8. The fourth-order valence-corrected chi connectivity index (χ4v) is 2.92. The van der Waals surface area contributed by atoms with E-state index in [1.807, 2.05) is 20.0 Å². The second-order valence-electron chi connectivity index (χ2n) is 5.61. The average molecular weight is 401 g/mol. The summed E-state index contributed by atoms with van der Waals surface area (Å²) in [6.07, 6.45) is -0.430. The average Bonchev–Trinajstić information content (AvgIpc) is 3.03. The summed E-state index contributed by atoms with van der Waals surface area (Å²) in [5.74, 6) is 0.504. The molecule has 0 unspecified atom stereocenters. The topological polar surface area (TPSA) is 71.4 Å². The molecule has 2 N–H and O–H groups in total. The number of thiazole rings is 1. The summed E-state index contributed by atoms with van der Waals surface area (Å²) in [6, 6.07) is 3.28. The van der Waals surface area contributed by atoms with Crippen LogP contribution >= 0.6 is 11.3 Å². The molecular weight excluding hydrogens is 379 g/mol. The Kier molecular flexibility index (Phi) is 7.83. The van der Waals surface area contributed by atoms with Gasteiger partial charge in [0, 0.05) is 42.3 Å². The Labute approximate surface area is 159 Å². The van der Waals surface area contributed by atoms with E-state index in [4.69, 9.17) is 4.74 Å². The molecule has 2 aromatic heterocycles. The van der Waals surface area contributed by atoms with Crippen molar-refractivity contribution in [3.05, 3.63) is 40.0 Å². The van der Waals surface area contributed by atoms with Crippen LogP contribution in [0.15, 0.2) is 29.5 Å². The summed E-state index contributed by atoms with van der Waals surface area (Å²) in [7, 11) is 0. The number of hydrogen-bond acceptors (Lipinski definition) is 5. The lowest BCUT2D eigenvalue weighted by atomic mass is 10.3. The van der Waals surface area contributed by atoms with Crippen LogP contribution < -0.4 is 15.4 Å². The SMILES string of the molecule is CCNC(=NCc1cccnc1OCC(F)(F)F)NCCc1ncc(C)s1. The molecule has 0 radical (unpaired) electrons. The molecule has 0 fully saturated rings. The molecule has 0 saturated heterocycles.